The molecule has 2 atom stereocenters. The first-order chi connectivity index (χ1) is 15.5. The van der Waals surface area contributed by atoms with E-state index in [9.17, 15) is 14.9 Å². The number of nitrogens with two attached hydrogens (primary N) is 1. The molecule has 2 fully saturated rings. The van der Waals surface area contributed by atoms with Crippen molar-refractivity contribution in [2.75, 3.05) is 19.7 Å². The van der Waals surface area contributed by atoms with Gasteiger partial charge < -0.3 is 10.5 Å². The number of nitrogens with zero attached hydrogens (tertiary/aromatic N) is 3. The van der Waals surface area contributed by atoms with Gasteiger partial charge in [-0.05, 0) is 41.7 Å². The number of ether oxygens (including phenoxy) is 1. The number of benzene rings is 2. The molecule has 7 nitrogen and oxygen atoms in total. The van der Waals surface area contributed by atoms with Crippen LogP contribution in [0.15, 0.2) is 47.3 Å². The van der Waals surface area contributed by atoms with E-state index in [-0.39, 0.29) is 10.9 Å². The highest BCUT2D eigenvalue weighted by Crippen LogP contribution is 2.38. The van der Waals surface area contributed by atoms with Gasteiger partial charge in [0.15, 0.2) is 0 Å². The third-order valence-electron chi connectivity index (χ3n) is 6.25. The molecular formula is C24H24N4O3S. The molecule has 2 aromatic carbocycles. The quantitative estimate of drug-likeness (QED) is 0.625. The number of rotatable bonds is 6. The Morgan fingerprint density at radius 1 is 1.22 bits per heavy atom. The molecule has 164 valence electrons. The molecule has 1 aliphatic carbocycles. The fraction of sp³-hybridized carbons (Fsp3) is 0.375. The molecule has 0 bridgehead atoms. The molecule has 32 heavy (non-hydrogen) atoms. The van der Waals surface area contributed by atoms with Crippen LogP contribution in [-0.2, 0) is 16.0 Å². The predicted octanol–water partition coefficient (Wildman–Crippen LogP) is 2.69. The number of hydrogen-bond acceptors (Lipinski definition) is 6. The third kappa shape index (κ3) is 4.07. The van der Waals surface area contributed by atoms with Crippen LogP contribution in [0.2, 0.25) is 0 Å². The van der Waals surface area contributed by atoms with Gasteiger partial charge in [-0.2, -0.15) is 5.26 Å². The van der Waals surface area contributed by atoms with Crippen LogP contribution in [0.1, 0.15) is 24.4 Å². The van der Waals surface area contributed by atoms with Crippen LogP contribution in [0.3, 0.4) is 0 Å². The molecule has 2 aliphatic rings. The Morgan fingerprint density at radius 3 is 2.66 bits per heavy atom. The van der Waals surface area contributed by atoms with E-state index in [1.54, 1.807) is 0 Å². The minimum atomic E-state index is -0.665. The van der Waals surface area contributed by atoms with E-state index in [1.165, 1.54) is 11.3 Å². The Bertz CT molecular complexity index is 1250. The van der Waals surface area contributed by atoms with E-state index < -0.39 is 12.0 Å². The fourth-order valence-corrected chi connectivity index (χ4v) is 5.26. The zero-order chi connectivity index (χ0) is 22.2. The molecule has 1 saturated heterocycles. The van der Waals surface area contributed by atoms with Gasteiger partial charge in [0.2, 0.25) is 5.91 Å². The van der Waals surface area contributed by atoms with Gasteiger partial charge in [-0.3, -0.25) is 19.1 Å². The second-order valence-electron chi connectivity index (χ2n) is 8.45. The minimum Gasteiger partial charge on any atom is -0.367 e. The summed E-state index contributed by atoms with van der Waals surface area (Å²) in [5.41, 5.74) is 9.59. The monoisotopic (exact) mass is 448 g/mol. The lowest BCUT2D eigenvalue weighted by atomic mass is 10.00. The number of amides is 1. The normalized spacial score (nSPS) is 20.2. The van der Waals surface area contributed by atoms with Crippen LogP contribution < -0.4 is 10.6 Å². The van der Waals surface area contributed by atoms with Gasteiger partial charge in [-0.25, -0.2) is 0 Å². The van der Waals surface area contributed by atoms with Gasteiger partial charge in [-0.15, -0.1) is 0 Å². The summed E-state index contributed by atoms with van der Waals surface area (Å²) in [4.78, 5) is 25.9. The van der Waals surface area contributed by atoms with Crippen molar-refractivity contribution >= 4 is 27.5 Å². The van der Waals surface area contributed by atoms with Gasteiger partial charge in [-0.1, -0.05) is 41.7 Å². The zero-order valence-corrected chi connectivity index (χ0v) is 18.4. The number of carbonyl (C=O) groups excluding carboxylic acids is 1. The van der Waals surface area contributed by atoms with E-state index in [1.807, 2.05) is 27.7 Å². The van der Waals surface area contributed by atoms with Crippen molar-refractivity contribution in [3.8, 4) is 17.2 Å². The van der Waals surface area contributed by atoms with E-state index in [4.69, 9.17) is 10.5 Å². The molecule has 1 aliphatic heterocycles. The van der Waals surface area contributed by atoms with E-state index in [0.29, 0.717) is 32.2 Å². The number of carbonyl (C=O) groups is 1. The lowest BCUT2D eigenvalue weighted by Crippen LogP contribution is -2.52. The summed E-state index contributed by atoms with van der Waals surface area (Å²) < 4.78 is 8.36. The molecule has 3 aromatic rings. The highest BCUT2D eigenvalue weighted by atomic mass is 32.1. The Labute approximate surface area is 189 Å². The predicted molar refractivity (Wildman–Crippen MR) is 123 cm³/mol. The van der Waals surface area contributed by atoms with Crippen LogP contribution in [0, 0.1) is 11.3 Å². The summed E-state index contributed by atoms with van der Waals surface area (Å²) in [6, 6.07) is 16.8. The van der Waals surface area contributed by atoms with Crippen LogP contribution >= 0.6 is 11.3 Å². The maximum atomic E-state index is 12.3. The van der Waals surface area contributed by atoms with E-state index >= 15 is 0 Å². The molecular weight excluding hydrogens is 424 g/mol. The number of fused-ring (bicyclic) bond motifs is 1. The Hall–Kier alpha value is -2.99. The maximum Gasteiger partial charge on any atom is 0.308 e. The second-order valence-corrected chi connectivity index (χ2v) is 9.45. The number of morpholine rings is 1. The highest BCUT2D eigenvalue weighted by Gasteiger charge is 2.30. The SMILES string of the molecule is N#C[C@H](Cc1ccc(-c2ccc3sc(=O)n(C4CC4)c3c2)cc1)N1CCO[C@H](C(N)=O)C1. The van der Waals surface area contributed by atoms with Crippen molar-refractivity contribution in [3.63, 3.8) is 0 Å². The van der Waals surface area contributed by atoms with Crippen molar-refractivity contribution in [3.05, 3.63) is 57.7 Å². The molecule has 2 heterocycles. The molecule has 2 N–H and O–H groups in total. The van der Waals surface area contributed by atoms with Gasteiger partial charge in [0, 0.05) is 25.6 Å². The largest absolute Gasteiger partial charge is 0.367 e. The molecule has 0 radical (unpaired) electrons. The lowest BCUT2D eigenvalue weighted by molar-refractivity contribution is -0.135. The number of hydrogen-bond donors (Lipinski definition) is 1. The number of aromatic nitrogens is 1. The summed E-state index contributed by atoms with van der Waals surface area (Å²) in [5, 5.41) is 9.70. The number of thiazole rings is 1. The molecule has 8 heteroatoms. The summed E-state index contributed by atoms with van der Waals surface area (Å²) >= 11 is 1.31. The van der Waals surface area contributed by atoms with Gasteiger partial charge in [0.25, 0.3) is 0 Å². The summed E-state index contributed by atoms with van der Waals surface area (Å²) in [6.45, 7) is 1.33. The van der Waals surface area contributed by atoms with Gasteiger partial charge in [0.1, 0.15) is 12.1 Å². The maximum absolute atomic E-state index is 12.3. The summed E-state index contributed by atoms with van der Waals surface area (Å²) in [6.07, 6.45) is 2.05. The van der Waals surface area contributed by atoms with Crippen LogP contribution in [-0.4, -0.2) is 47.2 Å². The van der Waals surface area contributed by atoms with Crippen LogP contribution in [0.4, 0.5) is 0 Å². The topological polar surface area (TPSA) is 101 Å². The molecule has 1 amide bonds. The van der Waals surface area contributed by atoms with Crippen molar-refractivity contribution in [2.45, 2.75) is 37.5 Å². The van der Waals surface area contributed by atoms with Crippen molar-refractivity contribution < 1.29 is 9.53 Å². The molecule has 0 spiro atoms. The van der Waals surface area contributed by atoms with E-state index in [2.05, 4.69) is 30.3 Å². The number of primary amides is 1. The fourth-order valence-electron chi connectivity index (χ4n) is 4.33. The van der Waals surface area contributed by atoms with Crippen molar-refractivity contribution in [1.29, 1.82) is 5.26 Å². The van der Waals surface area contributed by atoms with Crippen LogP contribution in [0.5, 0.6) is 0 Å². The Balaban J connectivity index is 1.34. The molecule has 1 aromatic heterocycles. The Morgan fingerprint density at radius 2 is 1.97 bits per heavy atom. The molecule has 1 saturated carbocycles. The first-order valence-electron chi connectivity index (χ1n) is 10.8. The second kappa shape index (κ2) is 8.51. The average molecular weight is 449 g/mol. The average Bonchev–Trinajstić information content (AvgIpc) is 3.59. The standard InChI is InChI=1S/C24H24N4O3S/c25-13-19(27-9-10-31-21(14-27)23(26)29)11-15-1-3-16(4-2-15)17-5-8-22-20(12-17)28(18-6-7-18)24(30)32-22/h1-5,8,12,18-19,21H,6-7,9-11,14H2,(H2,26,29)/t19-,21-/m0/s1. The first kappa shape index (κ1) is 20.9. The van der Waals surface area contributed by atoms with Crippen molar-refractivity contribution in [1.82, 2.24) is 9.47 Å². The summed E-state index contributed by atoms with van der Waals surface area (Å²) in [5.74, 6) is -0.495. The number of nitriles is 1. The highest BCUT2D eigenvalue weighted by molar-refractivity contribution is 7.16. The lowest BCUT2D eigenvalue weighted by Gasteiger charge is -2.34. The first-order valence-corrected chi connectivity index (χ1v) is 11.6. The smallest absolute Gasteiger partial charge is 0.308 e. The van der Waals surface area contributed by atoms with E-state index in [0.717, 1.165) is 39.7 Å². The zero-order valence-electron chi connectivity index (χ0n) is 17.6. The van der Waals surface area contributed by atoms with Crippen molar-refractivity contribution in [2.24, 2.45) is 5.73 Å². The molecule has 0 unspecified atom stereocenters. The molecule has 5 rings (SSSR count). The Kier molecular flexibility index (Phi) is 5.55. The third-order valence-corrected chi connectivity index (χ3v) is 7.18. The minimum absolute atomic E-state index is 0.124. The van der Waals surface area contributed by atoms with Gasteiger partial charge >= 0.3 is 4.87 Å². The van der Waals surface area contributed by atoms with Gasteiger partial charge in [0.05, 0.1) is 22.9 Å². The van der Waals surface area contributed by atoms with Crippen LogP contribution in [0.25, 0.3) is 21.3 Å². The summed E-state index contributed by atoms with van der Waals surface area (Å²) in [7, 11) is 0.